The zero-order chi connectivity index (χ0) is 16.9. The number of aromatic amines is 1. The van der Waals surface area contributed by atoms with Crippen molar-refractivity contribution in [2.24, 2.45) is 22.4 Å². The molecule has 3 aliphatic rings. The zero-order valence-electron chi connectivity index (χ0n) is 13.7. The molecule has 1 saturated carbocycles. The van der Waals surface area contributed by atoms with E-state index in [4.69, 9.17) is 23.8 Å². The summed E-state index contributed by atoms with van der Waals surface area (Å²) in [6.45, 7) is 4.71. The molecule has 1 aromatic heterocycles. The molecule has 2 atom stereocenters. The third-order valence-corrected chi connectivity index (χ3v) is 6.19. The van der Waals surface area contributed by atoms with Crippen LogP contribution in [0.3, 0.4) is 0 Å². The lowest BCUT2D eigenvalue weighted by Crippen LogP contribution is -2.48. The van der Waals surface area contributed by atoms with Crippen LogP contribution in [-0.4, -0.2) is 21.1 Å². The van der Waals surface area contributed by atoms with Gasteiger partial charge in [-0.1, -0.05) is 43.7 Å². The minimum Gasteiger partial charge on any atom is -0.250 e. The number of nitrogens with zero attached hydrogens (tertiary/aromatic N) is 3. The van der Waals surface area contributed by atoms with Crippen molar-refractivity contribution in [3.63, 3.8) is 0 Å². The number of nitrogens with one attached hydrogen (secondary N) is 1. The van der Waals surface area contributed by atoms with Gasteiger partial charge >= 0.3 is 0 Å². The molecule has 1 fully saturated rings. The van der Waals surface area contributed by atoms with Crippen LogP contribution in [0.15, 0.2) is 41.0 Å². The van der Waals surface area contributed by atoms with Crippen LogP contribution < -0.4 is 0 Å². The third-order valence-electron chi connectivity index (χ3n) is 5.60. The summed E-state index contributed by atoms with van der Waals surface area (Å²) in [4.78, 5) is 0. The molecule has 0 aliphatic heterocycles. The Bertz CT molecular complexity index is 906. The van der Waals surface area contributed by atoms with E-state index in [1.165, 1.54) is 12.0 Å². The average Bonchev–Trinajstić information content (AvgIpc) is 2.94. The minimum absolute atomic E-state index is 0.375. The molecule has 0 amide bonds. The maximum absolute atomic E-state index is 6.29. The highest BCUT2D eigenvalue weighted by atomic mass is 35.5. The highest BCUT2D eigenvalue weighted by molar-refractivity contribution is 7.71. The molecule has 2 bridgehead atoms. The van der Waals surface area contributed by atoms with Crippen LogP contribution in [0.2, 0.25) is 5.02 Å². The van der Waals surface area contributed by atoms with Crippen LogP contribution in [-0.2, 0) is 0 Å². The van der Waals surface area contributed by atoms with Gasteiger partial charge in [0.05, 0.1) is 11.2 Å². The van der Waals surface area contributed by atoms with Gasteiger partial charge < -0.3 is 0 Å². The quantitative estimate of drug-likeness (QED) is 0.613. The fraction of sp³-hybridized carbons (Fsp3) is 0.389. The van der Waals surface area contributed by atoms with E-state index in [1.807, 2.05) is 30.5 Å². The molecular formula is C18H19ClN4S. The number of hydrogen-bond donors (Lipinski definition) is 1. The molecule has 4 nitrogen and oxygen atoms in total. The van der Waals surface area contributed by atoms with Crippen molar-refractivity contribution in [2.75, 3.05) is 0 Å². The second-order valence-electron chi connectivity index (χ2n) is 7.13. The lowest BCUT2D eigenvalue weighted by atomic mass is 9.49. The van der Waals surface area contributed by atoms with E-state index in [-0.39, 0.29) is 0 Å². The summed E-state index contributed by atoms with van der Waals surface area (Å²) < 4.78 is 2.11. The largest absolute Gasteiger partial charge is 0.250 e. The van der Waals surface area contributed by atoms with Gasteiger partial charge in [-0.3, -0.25) is 0 Å². The Kier molecular flexibility index (Phi) is 3.73. The highest BCUT2D eigenvalue weighted by Gasteiger charge is 2.50. The first-order chi connectivity index (χ1) is 11.5. The van der Waals surface area contributed by atoms with Crippen LogP contribution >= 0.6 is 23.8 Å². The van der Waals surface area contributed by atoms with Gasteiger partial charge in [-0.2, -0.15) is 14.9 Å². The van der Waals surface area contributed by atoms with Crippen LogP contribution in [0.1, 0.15) is 26.7 Å². The first-order valence-corrected chi connectivity index (χ1v) is 8.94. The minimum atomic E-state index is 0.375. The number of H-pyrrole nitrogens is 1. The molecule has 2 unspecified atom stereocenters. The third kappa shape index (κ3) is 2.38. The van der Waals surface area contributed by atoms with Gasteiger partial charge in [0, 0.05) is 5.56 Å². The lowest BCUT2D eigenvalue weighted by molar-refractivity contribution is -0.00126. The molecule has 1 N–H and O–H groups in total. The summed E-state index contributed by atoms with van der Waals surface area (Å²) in [7, 11) is 0. The predicted molar refractivity (Wildman–Crippen MR) is 99.8 cm³/mol. The Hall–Kier alpha value is -1.72. The standard InChI is InChI=1S/C18H19ClN4S/c1-18(2)12-8-7-11(14(18)9-12)10-20-23-16(21-22-17(23)24)13-5-3-4-6-15(13)19/h3-7,10,12,14H,8-9H2,1-2H3,(H,22,24)/b20-10+. The number of fused-ring (bicyclic) bond motifs is 1. The second kappa shape index (κ2) is 5.67. The molecule has 5 rings (SSSR count). The molecule has 0 spiro atoms. The first kappa shape index (κ1) is 15.8. The van der Waals surface area contributed by atoms with Crippen LogP contribution in [0.4, 0.5) is 0 Å². The molecule has 0 radical (unpaired) electrons. The van der Waals surface area contributed by atoms with Crippen LogP contribution in [0, 0.1) is 22.0 Å². The Morgan fingerprint density at radius 3 is 2.92 bits per heavy atom. The Balaban J connectivity index is 1.69. The van der Waals surface area contributed by atoms with E-state index in [1.54, 1.807) is 4.68 Å². The van der Waals surface area contributed by atoms with Gasteiger partial charge in [-0.15, -0.1) is 0 Å². The summed E-state index contributed by atoms with van der Waals surface area (Å²) in [5.74, 6) is 2.03. The Labute approximate surface area is 151 Å². The van der Waals surface area contributed by atoms with Crippen LogP contribution in [0.5, 0.6) is 0 Å². The van der Waals surface area contributed by atoms with E-state index in [0.29, 0.717) is 27.0 Å². The maximum atomic E-state index is 6.29. The normalized spacial score (nSPS) is 24.7. The van der Waals surface area contributed by atoms with Crippen molar-refractivity contribution in [3.8, 4) is 11.4 Å². The molecule has 24 heavy (non-hydrogen) atoms. The first-order valence-electron chi connectivity index (χ1n) is 8.15. The molecular weight excluding hydrogens is 340 g/mol. The zero-order valence-corrected chi connectivity index (χ0v) is 15.2. The monoisotopic (exact) mass is 358 g/mol. The van der Waals surface area contributed by atoms with E-state index in [9.17, 15) is 0 Å². The number of hydrogen-bond acceptors (Lipinski definition) is 3. The molecule has 0 saturated heterocycles. The number of benzene rings is 1. The van der Waals surface area contributed by atoms with E-state index in [2.05, 4.69) is 35.2 Å². The molecule has 2 aromatic rings. The van der Waals surface area contributed by atoms with Crippen molar-refractivity contribution < 1.29 is 0 Å². The molecule has 1 heterocycles. The van der Waals surface area contributed by atoms with Crippen molar-refractivity contribution in [2.45, 2.75) is 26.7 Å². The van der Waals surface area contributed by atoms with E-state index < -0.39 is 0 Å². The lowest BCUT2D eigenvalue weighted by Gasteiger charge is -2.55. The fourth-order valence-electron chi connectivity index (χ4n) is 3.88. The Morgan fingerprint density at radius 2 is 2.21 bits per heavy atom. The van der Waals surface area contributed by atoms with Gasteiger partial charge in [0.25, 0.3) is 0 Å². The molecule has 3 aliphatic carbocycles. The summed E-state index contributed by atoms with van der Waals surface area (Å²) in [5.41, 5.74) is 2.49. The van der Waals surface area contributed by atoms with Crippen molar-refractivity contribution in [1.29, 1.82) is 0 Å². The van der Waals surface area contributed by atoms with Crippen molar-refractivity contribution >= 4 is 30.0 Å². The van der Waals surface area contributed by atoms with Gasteiger partial charge in [0.1, 0.15) is 0 Å². The summed E-state index contributed by atoms with van der Waals surface area (Å²) in [6, 6.07) is 7.57. The maximum Gasteiger partial charge on any atom is 0.216 e. The Morgan fingerprint density at radius 1 is 1.42 bits per heavy atom. The SMILES string of the molecule is CC1(C)C2CC=C(/C=N/n3c(-c4ccccc4Cl)n[nH]c3=S)C1C2. The van der Waals surface area contributed by atoms with Gasteiger partial charge in [0.2, 0.25) is 4.77 Å². The number of halogens is 1. The van der Waals surface area contributed by atoms with Gasteiger partial charge in [-0.25, -0.2) is 5.10 Å². The molecule has 124 valence electrons. The van der Waals surface area contributed by atoms with Crippen molar-refractivity contribution in [3.05, 3.63) is 45.7 Å². The number of aromatic nitrogens is 3. The van der Waals surface area contributed by atoms with Gasteiger partial charge in [-0.05, 0) is 60.0 Å². The predicted octanol–water partition coefficient (Wildman–Crippen LogP) is 5.09. The second-order valence-corrected chi connectivity index (χ2v) is 7.93. The molecule has 1 aromatic carbocycles. The highest BCUT2D eigenvalue weighted by Crippen LogP contribution is 2.58. The topological polar surface area (TPSA) is 46.0 Å². The number of rotatable bonds is 3. The van der Waals surface area contributed by atoms with E-state index in [0.717, 1.165) is 17.9 Å². The van der Waals surface area contributed by atoms with Gasteiger partial charge in [0.15, 0.2) is 5.82 Å². The smallest absolute Gasteiger partial charge is 0.216 e. The van der Waals surface area contributed by atoms with Crippen LogP contribution in [0.25, 0.3) is 11.4 Å². The average molecular weight is 359 g/mol. The summed E-state index contributed by atoms with van der Waals surface area (Å²) in [5, 5.41) is 12.4. The summed E-state index contributed by atoms with van der Waals surface area (Å²) in [6.07, 6.45) is 6.65. The summed E-state index contributed by atoms with van der Waals surface area (Å²) >= 11 is 11.6. The fourth-order valence-corrected chi connectivity index (χ4v) is 4.28. The number of allylic oxidation sites excluding steroid dienone is 2. The van der Waals surface area contributed by atoms with E-state index >= 15 is 0 Å². The molecule has 6 heteroatoms. The van der Waals surface area contributed by atoms with Crippen molar-refractivity contribution in [1.82, 2.24) is 14.9 Å².